The third-order valence-corrected chi connectivity index (χ3v) is 7.68. The number of nitrogens with zero attached hydrogens (tertiary/aromatic N) is 1. The molecule has 0 bridgehead atoms. The normalized spacial score (nSPS) is 15.7. The average molecular weight is 490 g/mol. The van der Waals surface area contributed by atoms with E-state index in [4.69, 9.17) is 23.8 Å². The number of hydrogen-bond donors (Lipinski definition) is 2. The zero-order chi connectivity index (χ0) is 22.9. The van der Waals surface area contributed by atoms with Gasteiger partial charge in [0.2, 0.25) is 0 Å². The van der Waals surface area contributed by atoms with Gasteiger partial charge in [-0.1, -0.05) is 11.6 Å². The first kappa shape index (κ1) is 22.5. The first-order valence-electron chi connectivity index (χ1n) is 10.0. The van der Waals surface area contributed by atoms with Crippen LogP contribution >= 0.6 is 23.8 Å². The summed E-state index contributed by atoms with van der Waals surface area (Å²) in [5, 5.41) is 7.06. The second-order valence-electron chi connectivity index (χ2n) is 7.57. The number of hydrogen-bond acceptors (Lipinski definition) is 3. The van der Waals surface area contributed by atoms with Gasteiger partial charge in [0.05, 0.1) is 10.6 Å². The number of sulfonamides is 1. The third kappa shape index (κ3) is 4.72. The van der Waals surface area contributed by atoms with Crippen LogP contribution in [0, 0.1) is 5.82 Å². The van der Waals surface area contributed by atoms with E-state index in [1.807, 2.05) is 6.92 Å². The molecule has 0 aliphatic carbocycles. The Balaban J connectivity index is 1.52. The van der Waals surface area contributed by atoms with Gasteiger partial charge in [-0.15, -0.1) is 0 Å². The highest BCUT2D eigenvalue weighted by atomic mass is 35.5. The molecule has 0 fully saturated rings. The number of halogens is 2. The zero-order valence-corrected chi connectivity index (χ0v) is 19.6. The molecule has 3 aromatic carbocycles. The Morgan fingerprint density at radius 2 is 1.62 bits per heavy atom. The van der Waals surface area contributed by atoms with Crippen molar-refractivity contribution in [3.63, 3.8) is 0 Å². The summed E-state index contributed by atoms with van der Waals surface area (Å²) in [6.07, 6.45) is 1.27. The van der Waals surface area contributed by atoms with Gasteiger partial charge >= 0.3 is 0 Å². The second kappa shape index (κ2) is 9.05. The average Bonchev–Trinajstić information content (AvgIpc) is 2.75. The molecule has 0 aromatic heterocycles. The molecule has 0 radical (unpaired) electrons. The van der Waals surface area contributed by atoms with Crippen molar-refractivity contribution in [2.24, 2.45) is 0 Å². The van der Waals surface area contributed by atoms with E-state index < -0.39 is 10.0 Å². The molecule has 1 heterocycles. The van der Waals surface area contributed by atoms with Crippen LogP contribution in [-0.2, 0) is 16.4 Å². The predicted molar refractivity (Wildman–Crippen MR) is 132 cm³/mol. The Kier molecular flexibility index (Phi) is 6.37. The molecule has 32 heavy (non-hydrogen) atoms. The number of rotatable bonds is 4. The van der Waals surface area contributed by atoms with Gasteiger partial charge in [-0.25, -0.2) is 12.8 Å². The fourth-order valence-corrected chi connectivity index (χ4v) is 5.79. The van der Waals surface area contributed by atoms with Crippen molar-refractivity contribution < 1.29 is 12.8 Å². The van der Waals surface area contributed by atoms with Gasteiger partial charge in [0, 0.05) is 22.4 Å². The molecule has 0 saturated heterocycles. The van der Waals surface area contributed by atoms with E-state index in [1.165, 1.54) is 34.6 Å². The number of nitrogens with one attached hydrogen (secondary N) is 2. The summed E-state index contributed by atoms with van der Waals surface area (Å²) in [4.78, 5) is 0.156. The molecule has 2 N–H and O–H groups in total. The molecule has 5 nitrogen and oxygen atoms in total. The van der Waals surface area contributed by atoms with Crippen LogP contribution in [0.4, 0.5) is 21.5 Å². The van der Waals surface area contributed by atoms with Crippen LogP contribution in [0.2, 0.25) is 5.02 Å². The second-order valence-corrected chi connectivity index (χ2v) is 10.2. The Morgan fingerprint density at radius 1 is 1.03 bits per heavy atom. The lowest BCUT2D eigenvalue weighted by molar-refractivity contribution is 0.560. The molecule has 1 aliphatic rings. The molecule has 1 atom stereocenters. The molecule has 0 amide bonds. The molecule has 3 aromatic rings. The summed E-state index contributed by atoms with van der Waals surface area (Å²) >= 11 is 11.2. The summed E-state index contributed by atoms with van der Waals surface area (Å²) < 4.78 is 41.9. The summed E-state index contributed by atoms with van der Waals surface area (Å²) in [6, 6.07) is 17.5. The third-order valence-electron chi connectivity index (χ3n) is 5.28. The fourth-order valence-electron chi connectivity index (χ4n) is 3.71. The Labute approximate surface area is 197 Å². The van der Waals surface area contributed by atoms with Gasteiger partial charge in [0.15, 0.2) is 5.11 Å². The number of benzene rings is 3. The van der Waals surface area contributed by atoms with Gasteiger partial charge in [-0.3, -0.25) is 4.31 Å². The van der Waals surface area contributed by atoms with E-state index in [2.05, 4.69) is 10.6 Å². The number of anilines is 3. The van der Waals surface area contributed by atoms with E-state index >= 15 is 0 Å². The SMILES string of the molecule is CC1CCc2cc(F)ccc2N1S(=O)(=O)c1ccc(NC(=S)Nc2ccc(Cl)cc2)cc1. The summed E-state index contributed by atoms with van der Waals surface area (Å²) in [6.45, 7) is 1.86. The van der Waals surface area contributed by atoms with Crippen LogP contribution in [0.25, 0.3) is 0 Å². The maximum Gasteiger partial charge on any atom is 0.264 e. The van der Waals surface area contributed by atoms with Gasteiger partial charge in [-0.05, 0) is 104 Å². The predicted octanol–water partition coefficient (Wildman–Crippen LogP) is 5.82. The minimum atomic E-state index is -3.81. The van der Waals surface area contributed by atoms with Crippen LogP contribution in [0.1, 0.15) is 18.9 Å². The van der Waals surface area contributed by atoms with Crippen molar-refractivity contribution in [1.82, 2.24) is 0 Å². The maximum atomic E-state index is 13.6. The molecule has 1 unspecified atom stereocenters. The minimum Gasteiger partial charge on any atom is -0.332 e. The lowest BCUT2D eigenvalue weighted by atomic mass is 9.99. The quantitative estimate of drug-likeness (QED) is 0.452. The maximum absolute atomic E-state index is 13.6. The first-order valence-corrected chi connectivity index (χ1v) is 12.2. The van der Waals surface area contributed by atoms with Crippen LogP contribution in [0.3, 0.4) is 0 Å². The monoisotopic (exact) mass is 489 g/mol. The van der Waals surface area contributed by atoms with E-state index in [0.29, 0.717) is 39.9 Å². The molecule has 0 saturated carbocycles. The van der Waals surface area contributed by atoms with Gasteiger partial charge in [-0.2, -0.15) is 0 Å². The van der Waals surface area contributed by atoms with Gasteiger partial charge in [0.1, 0.15) is 5.82 Å². The topological polar surface area (TPSA) is 61.4 Å². The van der Waals surface area contributed by atoms with E-state index in [-0.39, 0.29) is 16.8 Å². The molecule has 166 valence electrons. The van der Waals surface area contributed by atoms with Crippen molar-refractivity contribution in [3.8, 4) is 0 Å². The Hall–Kier alpha value is -2.68. The van der Waals surface area contributed by atoms with Crippen molar-refractivity contribution in [2.45, 2.75) is 30.7 Å². The highest BCUT2D eigenvalue weighted by molar-refractivity contribution is 7.92. The molecule has 0 spiro atoms. The Bertz CT molecular complexity index is 1250. The zero-order valence-electron chi connectivity index (χ0n) is 17.2. The van der Waals surface area contributed by atoms with Crippen molar-refractivity contribution in [2.75, 3.05) is 14.9 Å². The summed E-state index contributed by atoms with van der Waals surface area (Å²) in [5.74, 6) is -0.366. The van der Waals surface area contributed by atoms with Crippen LogP contribution in [0.15, 0.2) is 71.6 Å². The molecular formula is C23H21ClFN3O2S2. The minimum absolute atomic E-state index is 0.156. The number of aryl methyl sites for hydroxylation is 1. The lowest BCUT2D eigenvalue weighted by Gasteiger charge is -2.36. The standard InChI is InChI=1S/C23H21ClFN3O2S2/c1-15-2-3-16-14-18(25)6-13-22(16)28(15)32(29,30)21-11-9-20(10-12-21)27-23(31)26-19-7-4-17(24)5-8-19/h4-15H,2-3H2,1H3,(H2,26,27,31). The highest BCUT2D eigenvalue weighted by Crippen LogP contribution is 2.36. The van der Waals surface area contributed by atoms with Crippen molar-refractivity contribution in [1.29, 1.82) is 0 Å². The fraction of sp³-hybridized carbons (Fsp3) is 0.174. The van der Waals surface area contributed by atoms with Crippen molar-refractivity contribution in [3.05, 3.63) is 83.1 Å². The molecule has 9 heteroatoms. The van der Waals surface area contributed by atoms with Crippen LogP contribution < -0.4 is 14.9 Å². The van der Waals surface area contributed by atoms with E-state index in [0.717, 1.165) is 5.69 Å². The first-order chi connectivity index (χ1) is 15.2. The van der Waals surface area contributed by atoms with Crippen LogP contribution in [0.5, 0.6) is 0 Å². The highest BCUT2D eigenvalue weighted by Gasteiger charge is 2.33. The smallest absolute Gasteiger partial charge is 0.264 e. The van der Waals surface area contributed by atoms with Gasteiger partial charge in [0.25, 0.3) is 10.0 Å². The molecular weight excluding hydrogens is 469 g/mol. The largest absolute Gasteiger partial charge is 0.332 e. The van der Waals surface area contributed by atoms with Gasteiger partial charge < -0.3 is 10.6 Å². The Morgan fingerprint density at radius 3 is 2.25 bits per heavy atom. The van der Waals surface area contributed by atoms with E-state index in [1.54, 1.807) is 36.4 Å². The molecule has 4 rings (SSSR count). The van der Waals surface area contributed by atoms with Crippen LogP contribution in [-0.4, -0.2) is 19.6 Å². The summed E-state index contributed by atoms with van der Waals surface area (Å²) in [5.41, 5.74) is 2.65. The molecule has 1 aliphatic heterocycles. The lowest BCUT2D eigenvalue weighted by Crippen LogP contribution is -2.42. The number of thiocarbonyl (C=S) groups is 1. The summed E-state index contributed by atoms with van der Waals surface area (Å²) in [7, 11) is -3.81. The van der Waals surface area contributed by atoms with E-state index in [9.17, 15) is 12.8 Å². The number of fused-ring (bicyclic) bond motifs is 1. The van der Waals surface area contributed by atoms with Crippen molar-refractivity contribution >= 4 is 56.0 Å².